The van der Waals surface area contributed by atoms with Crippen LogP contribution in [0.15, 0.2) is 91.0 Å². The van der Waals surface area contributed by atoms with Crippen LogP contribution in [-0.4, -0.2) is 18.2 Å². The molecule has 0 atom stereocenters. The van der Waals surface area contributed by atoms with E-state index in [2.05, 4.69) is 85.0 Å². The zero-order valence-corrected chi connectivity index (χ0v) is 20.0. The summed E-state index contributed by atoms with van der Waals surface area (Å²) in [6.45, 7) is 3.00. The number of unbranched alkanes of at least 4 members (excludes halogenated alkanes) is 5. The summed E-state index contributed by atoms with van der Waals surface area (Å²) in [7, 11) is 0. The fourth-order valence-electron chi connectivity index (χ4n) is 4.13. The third kappa shape index (κ3) is 6.49. The first-order valence-electron chi connectivity index (χ1n) is 11.8. The Morgan fingerprint density at radius 2 is 1.12 bits per heavy atom. The highest BCUT2D eigenvalue weighted by molar-refractivity contribution is 8.01. The molecule has 0 aliphatic carbocycles. The second kappa shape index (κ2) is 13.1. The fraction of sp³-hybridized carbons (Fsp3) is 0.345. The van der Waals surface area contributed by atoms with E-state index in [9.17, 15) is 4.79 Å². The Balaban J connectivity index is 1.76. The monoisotopic (exact) mass is 445 g/mol. The summed E-state index contributed by atoms with van der Waals surface area (Å²) in [5.74, 6) is 0.518. The van der Waals surface area contributed by atoms with Gasteiger partial charge in [-0.15, -0.1) is 11.8 Å². The van der Waals surface area contributed by atoms with Gasteiger partial charge < -0.3 is 5.32 Å². The molecule has 3 rings (SSSR count). The van der Waals surface area contributed by atoms with Gasteiger partial charge in [0, 0.05) is 6.54 Å². The number of hydrogen-bond donors (Lipinski definition) is 1. The maximum Gasteiger partial charge on any atom is 0.230 e. The topological polar surface area (TPSA) is 29.1 Å². The Hall–Kier alpha value is -2.52. The number of hydrogen-bond acceptors (Lipinski definition) is 2. The van der Waals surface area contributed by atoms with E-state index in [4.69, 9.17) is 0 Å². The van der Waals surface area contributed by atoms with Crippen LogP contribution >= 0.6 is 11.8 Å². The molecule has 168 valence electrons. The van der Waals surface area contributed by atoms with Crippen LogP contribution in [0, 0.1) is 0 Å². The molecule has 0 aliphatic heterocycles. The maximum atomic E-state index is 12.8. The van der Waals surface area contributed by atoms with Gasteiger partial charge in [0.25, 0.3) is 0 Å². The van der Waals surface area contributed by atoms with Gasteiger partial charge in [0.2, 0.25) is 5.91 Å². The molecule has 3 heteroatoms. The first kappa shape index (κ1) is 24.1. The van der Waals surface area contributed by atoms with Crippen LogP contribution in [0.3, 0.4) is 0 Å². The third-order valence-electron chi connectivity index (χ3n) is 5.81. The van der Waals surface area contributed by atoms with Crippen molar-refractivity contribution in [1.29, 1.82) is 0 Å². The Labute approximate surface area is 197 Å². The highest BCUT2D eigenvalue weighted by atomic mass is 32.2. The molecule has 0 saturated carbocycles. The summed E-state index contributed by atoms with van der Waals surface area (Å²) < 4.78 is -0.443. The molecular weight excluding hydrogens is 410 g/mol. The minimum atomic E-state index is -0.443. The van der Waals surface area contributed by atoms with E-state index in [0.29, 0.717) is 5.75 Å². The second-order valence-electron chi connectivity index (χ2n) is 8.19. The average Bonchev–Trinajstić information content (AvgIpc) is 2.86. The van der Waals surface area contributed by atoms with Crippen LogP contribution in [0.2, 0.25) is 0 Å². The molecule has 0 aromatic heterocycles. The molecule has 0 radical (unpaired) electrons. The molecule has 3 aromatic rings. The van der Waals surface area contributed by atoms with Crippen LogP contribution in [-0.2, 0) is 9.54 Å². The molecule has 3 aromatic carbocycles. The molecule has 0 saturated heterocycles. The predicted molar refractivity (Wildman–Crippen MR) is 138 cm³/mol. The lowest BCUT2D eigenvalue weighted by Crippen LogP contribution is -2.31. The molecule has 0 spiro atoms. The zero-order valence-electron chi connectivity index (χ0n) is 19.1. The Morgan fingerprint density at radius 3 is 1.59 bits per heavy atom. The van der Waals surface area contributed by atoms with Crippen molar-refractivity contribution in [1.82, 2.24) is 5.32 Å². The molecule has 2 nitrogen and oxygen atoms in total. The van der Waals surface area contributed by atoms with E-state index in [-0.39, 0.29) is 5.91 Å². The average molecular weight is 446 g/mol. The lowest BCUT2D eigenvalue weighted by atomic mass is 9.84. The number of thioether (sulfide) groups is 1. The van der Waals surface area contributed by atoms with Crippen molar-refractivity contribution < 1.29 is 4.79 Å². The van der Waals surface area contributed by atoms with Crippen molar-refractivity contribution in [3.63, 3.8) is 0 Å². The smallest absolute Gasteiger partial charge is 0.230 e. The van der Waals surface area contributed by atoms with E-state index in [1.54, 1.807) is 11.8 Å². The summed E-state index contributed by atoms with van der Waals surface area (Å²) in [6.07, 6.45) is 7.38. The van der Waals surface area contributed by atoms with Crippen molar-refractivity contribution in [3.05, 3.63) is 108 Å². The number of benzene rings is 3. The van der Waals surface area contributed by atoms with Crippen molar-refractivity contribution in [2.75, 3.05) is 12.3 Å². The van der Waals surface area contributed by atoms with Gasteiger partial charge in [-0.3, -0.25) is 4.79 Å². The molecule has 0 unspecified atom stereocenters. The Kier molecular flexibility index (Phi) is 9.90. The number of nitrogens with one attached hydrogen (secondary N) is 1. The van der Waals surface area contributed by atoms with E-state index >= 15 is 0 Å². The summed E-state index contributed by atoms with van der Waals surface area (Å²) in [4.78, 5) is 12.8. The molecule has 0 fully saturated rings. The maximum absolute atomic E-state index is 12.8. The van der Waals surface area contributed by atoms with Gasteiger partial charge in [0.1, 0.15) is 0 Å². The van der Waals surface area contributed by atoms with Crippen LogP contribution in [0.1, 0.15) is 62.1 Å². The lowest BCUT2D eigenvalue weighted by Gasteiger charge is -2.35. The van der Waals surface area contributed by atoms with E-state index in [1.165, 1.54) is 48.8 Å². The highest BCUT2D eigenvalue weighted by Crippen LogP contribution is 2.48. The van der Waals surface area contributed by atoms with Crippen LogP contribution in [0.5, 0.6) is 0 Å². The Morgan fingerprint density at radius 1 is 0.688 bits per heavy atom. The number of carbonyl (C=O) groups excluding carboxylic acids is 1. The predicted octanol–water partition coefficient (Wildman–Crippen LogP) is 7.19. The molecule has 1 amide bonds. The van der Waals surface area contributed by atoms with Gasteiger partial charge in [-0.25, -0.2) is 0 Å². The minimum absolute atomic E-state index is 0.107. The zero-order chi connectivity index (χ0) is 22.5. The minimum Gasteiger partial charge on any atom is -0.355 e. The van der Waals surface area contributed by atoms with Gasteiger partial charge >= 0.3 is 0 Å². The Bertz CT molecular complexity index is 815. The quantitative estimate of drug-likeness (QED) is 0.223. The fourth-order valence-corrected chi connectivity index (χ4v) is 5.48. The van der Waals surface area contributed by atoms with Gasteiger partial charge in [0.15, 0.2) is 0 Å². The van der Waals surface area contributed by atoms with Crippen molar-refractivity contribution in [3.8, 4) is 0 Å². The first-order chi connectivity index (χ1) is 15.8. The van der Waals surface area contributed by atoms with Gasteiger partial charge in [-0.1, -0.05) is 130 Å². The van der Waals surface area contributed by atoms with Crippen molar-refractivity contribution in [2.24, 2.45) is 0 Å². The molecule has 0 aliphatic rings. The van der Waals surface area contributed by atoms with Crippen LogP contribution in [0.25, 0.3) is 0 Å². The van der Waals surface area contributed by atoms with Crippen LogP contribution < -0.4 is 5.32 Å². The van der Waals surface area contributed by atoms with Crippen LogP contribution in [0.4, 0.5) is 0 Å². The molecular formula is C29H35NOS. The van der Waals surface area contributed by atoms with Gasteiger partial charge in [-0.05, 0) is 23.1 Å². The molecule has 32 heavy (non-hydrogen) atoms. The molecule has 0 bridgehead atoms. The number of amides is 1. The van der Waals surface area contributed by atoms with Gasteiger partial charge in [0.05, 0.1) is 10.5 Å². The summed E-state index contributed by atoms with van der Waals surface area (Å²) in [6, 6.07) is 31.6. The lowest BCUT2D eigenvalue weighted by molar-refractivity contribution is -0.118. The third-order valence-corrected chi connectivity index (χ3v) is 7.36. The van der Waals surface area contributed by atoms with Crippen molar-refractivity contribution in [2.45, 2.75) is 50.2 Å². The molecule has 0 heterocycles. The summed E-state index contributed by atoms with van der Waals surface area (Å²) >= 11 is 1.70. The molecule has 1 N–H and O–H groups in total. The summed E-state index contributed by atoms with van der Waals surface area (Å²) in [5.41, 5.74) is 3.56. The van der Waals surface area contributed by atoms with E-state index in [0.717, 1.165) is 13.0 Å². The second-order valence-corrected chi connectivity index (χ2v) is 9.38. The van der Waals surface area contributed by atoms with E-state index in [1.807, 2.05) is 18.2 Å². The normalized spacial score (nSPS) is 11.3. The standard InChI is InChI=1S/C29H35NOS/c1-2-3-4-5-6-16-23-30-28(31)24-32-29(25-17-10-7-11-18-25,26-19-12-8-13-20-26)27-21-14-9-15-22-27/h7-15,17-22H,2-6,16,23-24H2,1H3,(H,30,31). The first-order valence-corrected chi connectivity index (χ1v) is 12.8. The summed E-state index contributed by atoms with van der Waals surface area (Å²) in [5, 5.41) is 3.14. The van der Waals surface area contributed by atoms with Crippen molar-refractivity contribution >= 4 is 17.7 Å². The number of rotatable bonds is 13. The van der Waals surface area contributed by atoms with Gasteiger partial charge in [-0.2, -0.15) is 0 Å². The number of carbonyl (C=O) groups is 1. The SMILES string of the molecule is CCCCCCCCNC(=O)CSC(c1ccccc1)(c1ccccc1)c1ccccc1. The van der Waals surface area contributed by atoms with E-state index < -0.39 is 4.75 Å². The largest absolute Gasteiger partial charge is 0.355 e. The highest BCUT2D eigenvalue weighted by Gasteiger charge is 2.37.